The van der Waals surface area contributed by atoms with Gasteiger partial charge < -0.3 is 16.0 Å². The fourth-order valence-corrected chi connectivity index (χ4v) is 3.85. The van der Waals surface area contributed by atoms with Crippen molar-refractivity contribution in [2.24, 2.45) is 5.73 Å². The molecule has 1 amide bonds. The monoisotopic (exact) mass is 362 g/mol. The van der Waals surface area contributed by atoms with Crippen molar-refractivity contribution < 1.29 is 4.79 Å². The van der Waals surface area contributed by atoms with Crippen molar-refractivity contribution in [1.29, 1.82) is 0 Å². The molecule has 4 N–H and O–H groups in total. The lowest BCUT2D eigenvalue weighted by Crippen LogP contribution is -2.37. The lowest BCUT2D eigenvalue weighted by molar-refractivity contribution is -0.117. The Labute approximate surface area is 154 Å². The second kappa shape index (κ2) is 7.11. The Balaban J connectivity index is 1.48. The number of hydrogen-bond acceptors (Lipinski definition) is 4. The van der Waals surface area contributed by atoms with Crippen LogP contribution in [0.1, 0.15) is 5.56 Å². The highest BCUT2D eigenvalue weighted by atomic mass is 32.1. The third-order valence-corrected chi connectivity index (χ3v) is 5.25. The fraction of sp³-hybridized carbons (Fsp3) is 0.100. The van der Waals surface area contributed by atoms with Gasteiger partial charge >= 0.3 is 0 Å². The van der Waals surface area contributed by atoms with Crippen LogP contribution >= 0.6 is 11.3 Å². The Kier molecular flexibility index (Phi) is 4.51. The molecule has 1 aromatic carbocycles. The molecule has 0 bridgehead atoms. The summed E-state index contributed by atoms with van der Waals surface area (Å²) in [6.45, 7) is 0. The Morgan fingerprint density at radius 2 is 2.00 bits per heavy atom. The number of pyridine rings is 1. The minimum atomic E-state index is -0.583. The number of rotatable bonds is 5. The lowest BCUT2D eigenvalue weighted by Gasteiger charge is -2.11. The molecule has 0 saturated carbocycles. The number of nitrogens with one attached hydrogen (secondary N) is 2. The van der Waals surface area contributed by atoms with Crippen LogP contribution in [-0.4, -0.2) is 21.9 Å². The Morgan fingerprint density at radius 3 is 2.85 bits per heavy atom. The van der Waals surface area contributed by atoms with Crippen molar-refractivity contribution in [1.82, 2.24) is 9.97 Å². The molecule has 26 heavy (non-hydrogen) atoms. The Bertz CT molecular complexity index is 1040. The molecule has 3 heterocycles. The highest BCUT2D eigenvalue weighted by molar-refractivity contribution is 7.19. The first-order valence-electron chi connectivity index (χ1n) is 8.33. The molecular weight excluding hydrogens is 344 g/mol. The molecule has 0 saturated heterocycles. The molecular formula is C20H18N4OS. The van der Waals surface area contributed by atoms with E-state index in [-0.39, 0.29) is 5.91 Å². The van der Waals surface area contributed by atoms with Crippen molar-refractivity contribution in [2.45, 2.75) is 12.5 Å². The SMILES string of the molecule is N[C@@H](Cc1ccccc1)C(=O)Nc1ccc(-c2ccnc3[nH]ccc23)s1. The van der Waals surface area contributed by atoms with Crippen LogP contribution in [0.4, 0.5) is 5.00 Å². The number of carbonyl (C=O) groups excluding carboxylic acids is 1. The van der Waals surface area contributed by atoms with Gasteiger partial charge in [0.2, 0.25) is 5.91 Å². The van der Waals surface area contributed by atoms with E-state index in [1.54, 1.807) is 6.20 Å². The van der Waals surface area contributed by atoms with Gasteiger partial charge in [-0.05, 0) is 36.2 Å². The van der Waals surface area contributed by atoms with Gasteiger partial charge in [0.1, 0.15) is 5.65 Å². The van der Waals surface area contributed by atoms with E-state index in [0.717, 1.165) is 32.0 Å². The second-order valence-corrected chi connectivity index (χ2v) is 7.13. The number of nitrogens with zero attached hydrogens (tertiary/aromatic N) is 1. The average molecular weight is 362 g/mol. The summed E-state index contributed by atoms with van der Waals surface area (Å²) in [7, 11) is 0. The Morgan fingerprint density at radius 1 is 1.15 bits per heavy atom. The minimum Gasteiger partial charge on any atom is -0.346 e. The van der Waals surface area contributed by atoms with E-state index in [9.17, 15) is 4.79 Å². The summed E-state index contributed by atoms with van der Waals surface area (Å²) in [6.07, 6.45) is 4.17. The van der Waals surface area contributed by atoms with Gasteiger partial charge in [-0.3, -0.25) is 4.79 Å². The maximum Gasteiger partial charge on any atom is 0.242 e. The third-order valence-electron chi connectivity index (χ3n) is 4.21. The van der Waals surface area contributed by atoms with E-state index in [4.69, 9.17) is 5.73 Å². The summed E-state index contributed by atoms with van der Waals surface area (Å²) in [6, 6.07) is 17.1. The third kappa shape index (κ3) is 3.37. The normalized spacial score (nSPS) is 12.2. The molecule has 0 aliphatic rings. The maximum absolute atomic E-state index is 12.4. The highest BCUT2D eigenvalue weighted by Gasteiger charge is 2.16. The second-order valence-electron chi connectivity index (χ2n) is 6.05. The first kappa shape index (κ1) is 16.5. The van der Waals surface area contributed by atoms with Crippen LogP contribution in [0.3, 0.4) is 0 Å². The number of aromatic nitrogens is 2. The summed E-state index contributed by atoms with van der Waals surface area (Å²) in [5.74, 6) is -0.177. The number of anilines is 1. The predicted octanol–water partition coefficient (Wildman–Crippen LogP) is 3.80. The zero-order chi connectivity index (χ0) is 17.9. The van der Waals surface area contributed by atoms with Gasteiger partial charge in [-0.15, -0.1) is 11.3 Å². The molecule has 0 aliphatic heterocycles. The average Bonchev–Trinajstić information content (AvgIpc) is 3.31. The molecule has 130 valence electrons. The molecule has 1 atom stereocenters. The number of aromatic amines is 1. The van der Waals surface area contributed by atoms with Gasteiger partial charge in [-0.25, -0.2) is 4.98 Å². The van der Waals surface area contributed by atoms with E-state index in [0.29, 0.717) is 6.42 Å². The van der Waals surface area contributed by atoms with Gasteiger partial charge in [0.25, 0.3) is 0 Å². The zero-order valence-corrected chi connectivity index (χ0v) is 14.8. The quantitative estimate of drug-likeness (QED) is 0.505. The summed E-state index contributed by atoms with van der Waals surface area (Å²) >= 11 is 1.53. The number of amides is 1. The minimum absolute atomic E-state index is 0.177. The number of hydrogen-bond donors (Lipinski definition) is 3. The molecule has 0 unspecified atom stereocenters. The number of nitrogens with two attached hydrogens (primary N) is 1. The first-order valence-corrected chi connectivity index (χ1v) is 9.15. The molecule has 6 heteroatoms. The number of benzene rings is 1. The topological polar surface area (TPSA) is 83.8 Å². The van der Waals surface area contributed by atoms with Crippen LogP contribution in [0.25, 0.3) is 21.5 Å². The molecule has 3 aromatic heterocycles. The van der Waals surface area contributed by atoms with Crippen molar-refractivity contribution >= 4 is 33.3 Å². The van der Waals surface area contributed by atoms with Gasteiger partial charge in [0.05, 0.1) is 11.0 Å². The summed E-state index contributed by atoms with van der Waals surface area (Å²) in [4.78, 5) is 20.9. The van der Waals surface area contributed by atoms with E-state index in [1.165, 1.54) is 11.3 Å². The van der Waals surface area contributed by atoms with Crippen molar-refractivity contribution in [3.8, 4) is 10.4 Å². The fourth-order valence-electron chi connectivity index (χ4n) is 2.90. The number of fused-ring (bicyclic) bond motifs is 1. The van der Waals surface area contributed by atoms with Crippen LogP contribution in [0.2, 0.25) is 0 Å². The predicted molar refractivity (Wildman–Crippen MR) is 106 cm³/mol. The van der Waals surface area contributed by atoms with Crippen LogP contribution in [0.5, 0.6) is 0 Å². The summed E-state index contributed by atoms with van der Waals surface area (Å²) < 4.78 is 0. The molecule has 0 fully saturated rings. The zero-order valence-electron chi connectivity index (χ0n) is 14.0. The smallest absolute Gasteiger partial charge is 0.242 e. The molecule has 5 nitrogen and oxygen atoms in total. The first-order chi connectivity index (χ1) is 12.7. The van der Waals surface area contributed by atoms with Gasteiger partial charge in [-0.1, -0.05) is 30.3 Å². The maximum atomic E-state index is 12.4. The largest absolute Gasteiger partial charge is 0.346 e. The molecule has 4 aromatic rings. The number of carbonyl (C=O) groups is 1. The van der Waals surface area contributed by atoms with Crippen LogP contribution < -0.4 is 11.1 Å². The van der Waals surface area contributed by atoms with Gasteiger partial charge in [0, 0.05) is 28.2 Å². The van der Waals surface area contributed by atoms with E-state index < -0.39 is 6.04 Å². The summed E-state index contributed by atoms with van der Waals surface area (Å²) in [5, 5.41) is 4.77. The Hall–Kier alpha value is -2.96. The molecule has 4 rings (SSSR count). The van der Waals surface area contributed by atoms with E-state index in [1.807, 2.05) is 60.8 Å². The van der Waals surface area contributed by atoms with Crippen LogP contribution in [-0.2, 0) is 11.2 Å². The molecule has 0 aliphatic carbocycles. The number of thiophene rings is 1. The van der Waals surface area contributed by atoms with E-state index >= 15 is 0 Å². The lowest BCUT2D eigenvalue weighted by atomic mass is 10.1. The molecule has 0 spiro atoms. The van der Waals surface area contributed by atoms with Crippen molar-refractivity contribution in [3.05, 3.63) is 72.6 Å². The van der Waals surface area contributed by atoms with Crippen molar-refractivity contribution in [3.63, 3.8) is 0 Å². The standard InChI is InChI=1S/C20H18N4OS/c21-16(12-13-4-2-1-3-5-13)20(25)24-18-7-6-17(26-18)14-8-10-22-19-15(14)9-11-23-19/h1-11,16H,12,21H2,(H,22,23)(H,24,25)/t16-/m0/s1. The van der Waals surface area contributed by atoms with Gasteiger partial charge in [-0.2, -0.15) is 0 Å². The van der Waals surface area contributed by atoms with E-state index in [2.05, 4.69) is 15.3 Å². The van der Waals surface area contributed by atoms with Crippen LogP contribution in [0, 0.1) is 0 Å². The highest BCUT2D eigenvalue weighted by Crippen LogP contribution is 2.35. The summed E-state index contributed by atoms with van der Waals surface area (Å²) in [5.41, 5.74) is 9.05. The van der Waals surface area contributed by atoms with Gasteiger partial charge in [0.15, 0.2) is 0 Å². The molecule has 0 radical (unpaired) electrons. The number of H-pyrrole nitrogens is 1. The van der Waals surface area contributed by atoms with Crippen molar-refractivity contribution in [2.75, 3.05) is 5.32 Å². The van der Waals surface area contributed by atoms with Crippen LogP contribution in [0.15, 0.2) is 67.0 Å².